The topological polar surface area (TPSA) is 72.5 Å². The molecule has 0 bridgehead atoms. The molecule has 1 saturated heterocycles. The van der Waals surface area contributed by atoms with Gasteiger partial charge in [0.15, 0.2) is 16.4 Å². The maximum atomic E-state index is 11.7. The van der Waals surface area contributed by atoms with E-state index in [1.807, 2.05) is 0 Å². The van der Waals surface area contributed by atoms with E-state index in [9.17, 15) is 13.2 Å². The van der Waals surface area contributed by atoms with E-state index in [1.165, 1.54) is 6.07 Å². The molecule has 1 aliphatic rings. The van der Waals surface area contributed by atoms with Crippen molar-refractivity contribution in [3.8, 4) is 5.75 Å². The van der Waals surface area contributed by atoms with Crippen molar-refractivity contribution in [3.05, 3.63) is 28.2 Å². The second-order valence-corrected chi connectivity index (χ2v) is 7.60. The number of nitrogens with one attached hydrogen (secondary N) is 1. The smallest absolute Gasteiger partial charge is 0.258 e. The van der Waals surface area contributed by atoms with Crippen molar-refractivity contribution in [1.29, 1.82) is 0 Å². The maximum absolute atomic E-state index is 11.7. The van der Waals surface area contributed by atoms with Gasteiger partial charge >= 0.3 is 0 Å². The SMILES string of the molecule is O=C(COc1ccc(Cl)cc1Cl)NC1CCS(=O)(=O)C1. The zero-order valence-electron chi connectivity index (χ0n) is 10.4. The normalized spacial score (nSPS) is 20.6. The van der Waals surface area contributed by atoms with E-state index in [-0.39, 0.29) is 30.1 Å². The number of carbonyl (C=O) groups is 1. The first kappa shape index (κ1) is 15.4. The largest absolute Gasteiger partial charge is 0.482 e. The van der Waals surface area contributed by atoms with Crippen LogP contribution in [0.15, 0.2) is 18.2 Å². The predicted octanol–water partition coefficient (Wildman–Crippen LogP) is 1.68. The van der Waals surface area contributed by atoms with Crippen molar-refractivity contribution in [3.63, 3.8) is 0 Å². The number of carbonyl (C=O) groups excluding carboxylic acids is 1. The van der Waals surface area contributed by atoms with Crippen molar-refractivity contribution in [1.82, 2.24) is 5.32 Å². The monoisotopic (exact) mass is 337 g/mol. The van der Waals surface area contributed by atoms with E-state index < -0.39 is 9.84 Å². The van der Waals surface area contributed by atoms with Crippen LogP contribution in [0.25, 0.3) is 0 Å². The zero-order valence-corrected chi connectivity index (χ0v) is 12.8. The maximum Gasteiger partial charge on any atom is 0.258 e. The first-order valence-electron chi connectivity index (χ1n) is 5.93. The van der Waals surface area contributed by atoms with Crippen molar-refractivity contribution in [2.75, 3.05) is 18.1 Å². The minimum atomic E-state index is -3.01. The molecule has 1 unspecified atom stereocenters. The molecule has 0 aliphatic carbocycles. The highest BCUT2D eigenvalue weighted by atomic mass is 35.5. The average molecular weight is 338 g/mol. The number of halogens is 2. The minimum absolute atomic E-state index is 0.0135. The molecule has 8 heteroatoms. The molecule has 1 aromatic rings. The molecule has 5 nitrogen and oxygen atoms in total. The molecular formula is C12H13Cl2NO4S. The van der Waals surface area contributed by atoms with Crippen LogP contribution in [0.1, 0.15) is 6.42 Å². The number of hydrogen-bond donors (Lipinski definition) is 1. The van der Waals surface area contributed by atoms with Gasteiger partial charge in [-0.1, -0.05) is 23.2 Å². The molecule has 1 heterocycles. The standard InChI is InChI=1S/C12H13Cl2NO4S/c13-8-1-2-11(10(14)5-8)19-6-12(16)15-9-3-4-20(17,18)7-9/h1-2,5,9H,3-4,6-7H2,(H,15,16). The van der Waals surface area contributed by atoms with Crippen molar-refractivity contribution in [2.24, 2.45) is 0 Å². The molecule has 1 N–H and O–H groups in total. The first-order chi connectivity index (χ1) is 9.35. The number of hydrogen-bond acceptors (Lipinski definition) is 4. The van der Waals surface area contributed by atoms with E-state index in [1.54, 1.807) is 12.1 Å². The summed E-state index contributed by atoms with van der Waals surface area (Å²) in [4.78, 5) is 11.7. The minimum Gasteiger partial charge on any atom is -0.482 e. The van der Waals surface area contributed by atoms with Gasteiger partial charge in [0, 0.05) is 11.1 Å². The van der Waals surface area contributed by atoms with E-state index >= 15 is 0 Å². The summed E-state index contributed by atoms with van der Waals surface area (Å²) >= 11 is 11.6. The van der Waals surface area contributed by atoms with Crippen LogP contribution in [-0.4, -0.2) is 38.5 Å². The zero-order chi connectivity index (χ0) is 14.8. The van der Waals surface area contributed by atoms with E-state index in [0.717, 1.165) is 0 Å². The van der Waals surface area contributed by atoms with Gasteiger partial charge in [-0.15, -0.1) is 0 Å². The van der Waals surface area contributed by atoms with Gasteiger partial charge < -0.3 is 10.1 Å². The number of rotatable bonds is 4. The Bertz CT molecular complexity index is 618. The van der Waals surface area contributed by atoms with Crippen LogP contribution in [0, 0.1) is 0 Å². The Kier molecular flexibility index (Phi) is 4.78. The highest BCUT2D eigenvalue weighted by Crippen LogP contribution is 2.27. The van der Waals surface area contributed by atoms with Crippen LogP contribution in [0.5, 0.6) is 5.75 Å². The van der Waals surface area contributed by atoms with Crippen LogP contribution in [0.4, 0.5) is 0 Å². The summed E-state index contributed by atoms with van der Waals surface area (Å²) in [5, 5.41) is 3.41. The lowest BCUT2D eigenvalue weighted by Gasteiger charge is -2.12. The van der Waals surface area contributed by atoms with E-state index in [4.69, 9.17) is 27.9 Å². The van der Waals surface area contributed by atoms with Crippen LogP contribution in [-0.2, 0) is 14.6 Å². The Hall–Kier alpha value is -0.980. The number of sulfone groups is 1. The Balaban J connectivity index is 1.84. The van der Waals surface area contributed by atoms with Gasteiger partial charge in [-0.2, -0.15) is 0 Å². The molecule has 1 atom stereocenters. The lowest BCUT2D eigenvalue weighted by molar-refractivity contribution is -0.123. The second kappa shape index (κ2) is 6.20. The molecule has 1 aromatic carbocycles. The average Bonchev–Trinajstić information content (AvgIpc) is 2.67. The molecule has 110 valence electrons. The van der Waals surface area contributed by atoms with Crippen molar-refractivity contribution >= 4 is 38.9 Å². The highest BCUT2D eigenvalue weighted by Gasteiger charge is 2.28. The number of amides is 1. The van der Waals surface area contributed by atoms with Crippen LogP contribution < -0.4 is 10.1 Å². The Morgan fingerprint density at radius 2 is 2.15 bits per heavy atom. The Labute approximate surface area is 127 Å². The third-order valence-electron chi connectivity index (χ3n) is 2.85. The molecule has 0 spiro atoms. The van der Waals surface area contributed by atoms with E-state index in [0.29, 0.717) is 22.2 Å². The summed E-state index contributed by atoms with van der Waals surface area (Å²) in [6.07, 6.45) is 0.440. The van der Waals surface area contributed by atoms with Crippen molar-refractivity contribution < 1.29 is 17.9 Å². The summed E-state index contributed by atoms with van der Waals surface area (Å²) in [5.41, 5.74) is 0. The summed E-state index contributed by atoms with van der Waals surface area (Å²) in [6, 6.07) is 4.35. The molecule has 1 amide bonds. The summed E-state index contributed by atoms with van der Waals surface area (Å²) < 4.78 is 27.8. The van der Waals surface area contributed by atoms with Gasteiger partial charge in [0.05, 0.1) is 16.5 Å². The Morgan fingerprint density at radius 1 is 1.40 bits per heavy atom. The number of benzene rings is 1. The Morgan fingerprint density at radius 3 is 2.75 bits per heavy atom. The molecule has 20 heavy (non-hydrogen) atoms. The summed E-state index contributed by atoms with van der Waals surface area (Å²) in [5.74, 6) is 0.0748. The van der Waals surface area contributed by atoms with Gasteiger partial charge in [-0.25, -0.2) is 8.42 Å². The van der Waals surface area contributed by atoms with Gasteiger partial charge in [0.1, 0.15) is 5.75 Å². The third kappa shape index (κ3) is 4.26. The summed E-state index contributed by atoms with van der Waals surface area (Å²) in [6.45, 7) is -0.224. The fourth-order valence-electron chi connectivity index (χ4n) is 1.91. The quantitative estimate of drug-likeness (QED) is 0.907. The molecule has 1 aliphatic heterocycles. The molecule has 0 radical (unpaired) electrons. The molecule has 1 fully saturated rings. The second-order valence-electron chi connectivity index (χ2n) is 4.53. The molecule has 0 aromatic heterocycles. The number of ether oxygens (including phenoxy) is 1. The molecular weight excluding hydrogens is 325 g/mol. The fraction of sp³-hybridized carbons (Fsp3) is 0.417. The molecule has 2 rings (SSSR count). The first-order valence-corrected chi connectivity index (χ1v) is 8.51. The van der Waals surface area contributed by atoms with Crippen LogP contribution >= 0.6 is 23.2 Å². The van der Waals surface area contributed by atoms with Gasteiger partial charge in [-0.3, -0.25) is 4.79 Å². The predicted molar refractivity (Wildman–Crippen MR) is 77.2 cm³/mol. The summed E-state index contributed by atoms with van der Waals surface area (Å²) in [7, 11) is -3.01. The van der Waals surface area contributed by atoms with Crippen LogP contribution in [0.2, 0.25) is 10.0 Å². The lowest BCUT2D eigenvalue weighted by Crippen LogP contribution is -2.38. The van der Waals surface area contributed by atoms with Crippen LogP contribution in [0.3, 0.4) is 0 Å². The lowest BCUT2D eigenvalue weighted by atomic mass is 10.2. The highest BCUT2D eigenvalue weighted by molar-refractivity contribution is 7.91. The third-order valence-corrected chi connectivity index (χ3v) is 5.15. The van der Waals surface area contributed by atoms with Gasteiger partial charge in [0.25, 0.3) is 5.91 Å². The van der Waals surface area contributed by atoms with Gasteiger partial charge in [-0.05, 0) is 24.6 Å². The van der Waals surface area contributed by atoms with Gasteiger partial charge in [0.2, 0.25) is 0 Å². The van der Waals surface area contributed by atoms with Crippen molar-refractivity contribution in [2.45, 2.75) is 12.5 Å². The molecule has 0 saturated carbocycles. The fourth-order valence-corrected chi connectivity index (χ4v) is 4.05. The van der Waals surface area contributed by atoms with E-state index in [2.05, 4.69) is 5.32 Å².